The minimum Gasteiger partial charge on any atom is -0.382 e. The Morgan fingerprint density at radius 1 is 0.456 bits per heavy atom. The van der Waals surface area contributed by atoms with E-state index in [0.717, 1.165) is 90.8 Å². The molecule has 414 valence electrons. The Balaban J connectivity index is 0.000000172. The van der Waals surface area contributed by atoms with Crippen molar-refractivity contribution >= 4 is 51.9 Å². The molecule has 0 fully saturated rings. The molecule has 0 bridgehead atoms. The van der Waals surface area contributed by atoms with Crippen molar-refractivity contribution in [3.05, 3.63) is 196 Å². The molecule has 3 amide bonds. The molecular weight excluding hydrogens is 993 g/mol. The van der Waals surface area contributed by atoms with E-state index in [4.69, 9.17) is 33.9 Å². The maximum absolute atomic E-state index is 13.1. The number of aliphatic imine (C=N–C) groups is 3. The fraction of sp³-hybridized carbons (Fsp3) is 0.344. The summed E-state index contributed by atoms with van der Waals surface area (Å²) >= 11 is 0. The van der Waals surface area contributed by atoms with E-state index in [1.54, 1.807) is 36.0 Å². The van der Waals surface area contributed by atoms with Gasteiger partial charge in [-0.3, -0.25) is 29.4 Å². The first-order valence-corrected chi connectivity index (χ1v) is 26.9. The van der Waals surface area contributed by atoms with Crippen LogP contribution in [0.1, 0.15) is 56.5 Å². The highest BCUT2D eigenvalue weighted by atomic mass is 16.5. The zero-order valence-corrected chi connectivity index (χ0v) is 47.2. The van der Waals surface area contributed by atoms with Gasteiger partial charge >= 0.3 is 0 Å². The van der Waals surface area contributed by atoms with E-state index in [1.165, 1.54) is 0 Å². The van der Waals surface area contributed by atoms with E-state index in [1.807, 2.05) is 143 Å². The monoisotopic (exact) mass is 1070 g/mol. The number of carbonyl (C=O) groups excluding carboxylic acids is 3. The number of likely N-dealkylation sites (N-methyl/N-ethyl adjacent to an activating group) is 3. The van der Waals surface area contributed by atoms with Crippen molar-refractivity contribution in [2.24, 2.45) is 15.0 Å². The summed E-state index contributed by atoms with van der Waals surface area (Å²) in [6.07, 6.45) is 0.684. The lowest BCUT2D eigenvalue weighted by Crippen LogP contribution is -2.41. The van der Waals surface area contributed by atoms with Crippen LogP contribution in [0.25, 0.3) is 0 Å². The molecule has 0 spiro atoms. The first-order valence-electron chi connectivity index (χ1n) is 26.9. The molecule has 3 heterocycles. The molecule has 0 aliphatic carbocycles. The Morgan fingerprint density at radius 3 is 1.25 bits per heavy atom. The van der Waals surface area contributed by atoms with Crippen LogP contribution in [-0.4, -0.2) is 155 Å². The van der Waals surface area contributed by atoms with E-state index in [9.17, 15) is 14.4 Å². The Morgan fingerprint density at radius 2 is 0.835 bits per heavy atom. The van der Waals surface area contributed by atoms with Gasteiger partial charge in [-0.1, -0.05) is 126 Å². The van der Waals surface area contributed by atoms with E-state index >= 15 is 0 Å². The van der Waals surface area contributed by atoms with Crippen molar-refractivity contribution < 1.29 is 33.3 Å². The van der Waals surface area contributed by atoms with Crippen LogP contribution >= 0.6 is 0 Å². The number of benzene rings is 6. The minimum absolute atomic E-state index is 0.0196. The summed E-state index contributed by atoms with van der Waals surface area (Å²) < 4.78 is 21.1. The number of benzodiazepines with no additional fused rings is 3. The molecule has 79 heavy (non-hydrogen) atoms. The standard InChI is InChI=1S/C23H29N3O3.C21H24N2O3.C20H23N3O/c1-17-9-10-21-19(15-17)22(18-7-5-4-6-8-18)25-20(23(27)26(21)2)16-24-11-12-29-14-13-28-3;1-15-9-10-19-17(13-15)20(16-7-5-4-6-8-16)22-18(21(24)23(19)2)14-26-12-11-25-3;1-14-9-10-18-16(13-14)19(15-7-5-4-6-8-15)22-17(11-12-21-2)20(24)23(18)3/h4-10,15,20,24H,11-14,16H2,1-3H3;4-10,13,18H,11-12,14H2,1-3H3;4-10,13,17,21H,11-12H2,1-3H3. The topological polar surface area (TPSA) is 159 Å². The molecule has 15 heteroatoms. The molecule has 3 aliphatic heterocycles. The number of anilines is 3. The van der Waals surface area contributed by atoms with Gasteiger partial charge in [0.2, 0.25) is 0 Å². The molecule has 0 radical (unpaired) electrons. The number of rotatable bonds is 19. The van der Waals surface area contributed by atoms with Crippen LogP contribution in [0.3, 0.4) is 0 Å². The highest BCUT2D eigenvalue weighted by Gasteiger charge is 2.33. The number of methoxy groups -OCH3 is 2. The maximum Gasteiger partial charge on any atom is 0.253 e. The van der Waals surface area contributed by atoms with Crippen LogP contribution in [0, 0.1) is 20.8 Å². The molecule has 3 unspecified atom stereocenters. The number of nitrogens with one attached hydrogen (secondary N) is 2. The molecular formula is C64H76N8O7. The second-order valence-corrected chi connectivity index (χ2v) is 19.6. The van der Waals surface area contributed by atoms with Gasteiger partial charge in [0.1, 0.15) is 12.1 Å². The average Bonchev–Trinajstić information content (AvgIpc) is 3.86. The normalized spacial score (nSPS) is 16.8. The number of hydrogen-bond acceptors (Lipinski definition) is 12. The first kappa shape index (κ1) is 59.2. The highest BCUT2D eigenvalue weighted by Crippen LogP contribution is 2.32. The predicted molar refractivity (Wildman–Crippen MR) is 318 cm³/mol. The van der Waals surface area contributed by atoms with E-state index in [2.05, 4.69) is 54.8 Å². The third-order valence-corrected chi connectivity index (χ3v) is 13.7. The second kappa shape index (κ2) is 29.5. The number of amides is 3. The Hall–Kier alpha value is -7.50. The van der Waals surface area contributed by atoms with Gasteiger partial charge in [0.05, 0.1) is 73.8 Å². The molecule has 6 aromatic carbocycles. The van der Waals surface area contributed by atoms with Gasteiger partial charge in [0, 0.05) is 81.8 Å². The summed E-state index contributed by atoms with van der Waals surface area (Å²) in [5.74, 6) is -0.0476. The summed E-state index contributed by atoms with van der Waals surface area (Å²) in [5, 5.41) is 6.42. The van der Waals surface area contributed by atoms with Crippen LogP contribution in [0.4, 0.5) is 17.1 Å². The van der Waals surface area contributed by atoms with E-state index < -0.39 is 12.1 Å². The predicted octanol–water partition coefficient (Wildman–Crippen LogP) is 8.06. The van der Waals surface area contributed by atoms with Crippen LogP contribution in [0.15, 0.2) is 161 Å². The van der Waals surface area contributed by atoms with Crippen molar-refractivity contribution in [2.75, 3.05) is 116 Å². The zero-order chi connectivity index (χ0) is 56.3. The quantitative estimate of drug-likeness (QED) is 0.0766. The molecule has 3 atom stereocenters. The Labute approximate surface area is 466 Å². The summed E-state index contributed by atoms with van der Waals surface area (Å²) in [6, 6.07) is 47.1. The minimum atomic E-state index is -0.584. The Kier molecular flexibility index (Phi) is 22.1. The van der Waals surface area contributed by atoms with Crippen molar-refractivity contribution in [1.29, 1.82) is 0 Å². The third-order valence-electron chi connectivity index (χ3n) is 13.7. The largest absolute Gasteiger partial charge is 0.382 e. The van der Waals surface area contributed by atoms with Gasteiger partial charge in [-0.2, -0.15) is 0 Å². The number of fused-ring (bicyclic) bond motifs is 3. The lowest BCUT2D eigenvalue weighted by molar-refractivity contribution is -0.121. The number of ether oxygens (including phenoxy) is 4. The summed E-state index contributed by atoms with van der Waals surface area (Å²) in [5.41, 5.74) is 14.7. The lowest BCUT2D eigenvalue weighted by Gasteiger charge is -2.21. The summed E-state index contributed by atoms with van der Waals surface area (Å²) in [6.45, 7) is 10.9. The molecule has 2 N–H and O–H groups in total. The van der Waals surface area contributed by atoms with Gasteiger partial charge in [0.25, 0.3) is 17.7 Å². The molecule has 0 saturated heterocycles. The fourth-order valence-corrected chi connectivity index (χ4v) is 9.42. The number of aryl methyl sites for hydroxylation is 3. The van der Waals surface area contributed by atoms with E-state index in [0.29, 0.717) is 52.5 Å². The number of carbonyl (C=O) groups is 3. The Bertz CT molecular complexity index is 3080. The summed E-state index contributed by atoms with van der Waals surface area (Å²) in [7, 11) is 10.6. The van der Waals surface area contributed by atoms with Gasteiger partial charge in [-0.15, -0.1) is 0 Å². The van der Waals surface area contributed by atoms with Crippen LogP contribution < -0.4 is 25.3 Å². The van der Waals surface area contributed by atoms with Gasteiger partial charge < -0.3 is 44.3 Å². The van der Waals surface area contributed by atoms with Gasteiger partial charge in [0.15, 0.2) is 6.04 Å². The van der Waals surface area contributed by atoms with Crippen LogP contribution in [-0.2, 0) is 33.3 Å². The van der Waals surface area contributed by atoms with Gasteiger partial charge in [-0.05, 0) is 77.2 Å². The second-order valence-electron chi connectivity index (χ2n) is 19.6. The summed E-state index contributed by atoms with van der Waals surface area (Å²) in [4.78, 5) is 58.7. The van der Waals surface area contributed by atoms with Crippen molar-refractivity contribution in [3.63, 3.8) is 0 Å². The smallest absolute Gasteiger partial charge is 0.253 e. The number of nitrogens with zero attached hydrogens (tertiary/aromatic N) is 6. The van der Waals surface area contributed by atoms with E-state index in [-0.39, 0.29) is 30.4 Å². The first-order chi connectivity index (χ1) is 38.3. The average molecular weight is 1070 g/mol. The fourth-order valence-electron chi connectivity index (χ4n) is 9.42. The van der Waals surface area contributed by atoms with Crippen LogP contribution in [0.2, 0.25) is 0 Å². The molecule has 9 rings (SSSR count). The zero-order valence-electron chi connectivity index (χ0n) is 47.2. The lowest BCUT2D eigenvalue weighted by atomic mass is 9.98. The third kappa shape index (κ3) is 15.4. The van der Waals surface area contributed by atoms with Gasteiger partial charge in [-0.25, -0.2) is 0 Å². The van der Waals surface area contributed by atoms with Crippen molar-refractivity contribution in [1.82, 2.24) is 10.6 Å². The van der Waals surface area contributed by atoms with Crippen molar-refractivity contribution in [2.45, 2.75) is 45.3 Å². The SMILES string of the molecule is CNCCC1N=C(c2ccccc2)c2cc(C)ccc2N(C)C1=O.COCCOCC1N=C(c2ccccc2)c2cc(C)ccc2N(C)C1=O.COCCOCCNCC1N=C(c2ccccc2)c2cc(C)ccc2N(C)C1=O. The van der Waals surface area contributed by atoms with Crippen LogP contribution in [0.5, 0.6) is 0 Å². The maximum atomic E-state index is 13.1. The molecule has 15 nitrogen and oxygen atoms in total. The molecule has 3 aliphatic rings. The number of hydrogen-bond donors (Lipinski definition) is 2. The molecule has 0 aromatic heterocycles. The molecule has 6 aromatic rings. The highest BCUT2D eigenvalue weighted by molar-refractivity contribution is 6.22. The van der Waals surface area contributed by atoms with Crippen molar-refractivity contribution in [3.8, 4) is 0 Å². The molecule has 0 saturated carbocycles.